The Balaban J connectivity index is 0.000000428. The molecule has 4 rings (SSSR count). The van der Waals surface area contributed by atoms with E-state index in [0.29, 0.717) is 6.04 Å². The summed E-state index contributed by atoms with van der Waals surface area (Å²) in [5, 5.41) is 19.1. The summed E-state index contributed by atoms with van der Waals surface area (Å²) in [7, 11) is 4.15. The number of nitriles is 1. The SMILES string of the molecule is C=CNc1ccccc1.CC.CNCCCc1ccccc1N/C(=C/C#N)N1CCN(C)C(c2ccccc2)C1. The Morgan fingerprint density at radius 3 is 2.27 bits per heavy atom. The third-order valence-electron chi connectivity index (χ3n) is 6.57. The van der Waals surface area contributed by atoms with Gasteiger partial charge in [-0.05, 0) is 69.0 Å². The molecule has 1 aliphatic heterocycles. The number of likely N-dealkylation sites (N-methyl/N-ethyl adjacent to an activating group) is 1. The Morgan fingerprint density at radius 1 is 0.975 bits per heavy atom. The van der Waals surface area contributed by atoms with E-state index >= 15 is 0 Å². The fraction of sp³-hybridized carbons (Fsp3) is 0.324. The molecular weight excluding hydrogens is 492 g/mol. The molecule has 40 heavy (non-hydrogen) atoms. The summed E-state index contributed by atoms with van der Waals surface area (Å²) in [5.74, 6) is 0.877. The van der Waals surface area contributed by atoms with Crippen LogP contribution >= 0.6 is 0 Å². The van der Waals surface area contributed by atoms with Gasteiger partial charge < -0.3 is 20.9 Å². The molecule has 0 amide bonds. The lowest BCUT2D eigenvalue weighted by Crippen LogP contribution is -2.47. The molecule has 0 saturated carbocycles. The first-order valence-corrected chi connectivity index (χ1v) is 14.2. The standard InChI is InChI=1S/C24H31N5.C8H9N.C2H6/c1-26-16-8-12-20-9-6-7-13-22(20)27-24(14-15-25)29-18-17-28(2)23(19-29)21-10-4-3-5-11-21;1-2-9-8-6-4-3-5-7-8;1-2/h3-7,9-11,13-14,23,26-27H,8,12,16-19H2,1-2H3;2-7,9H,1H2;1-2H3/b24-14-;;. The highest BCUT2D eigenvalue weighted by atomic mass is 15.3. The largest absolute Gasteiger partial charge is 0.362 e. The highest BCUT2D eigenvalue weighted by molar-refractivity contribution is 5.55. The van der Waals surface area contributed by atoms with Gasteiger partial charge in [0.15, 0.2) is 0 Å². The van der Waals surface area contributed by atoms with Gasteiger partial charge >= 0.3 is 0 Å². The summed E-state index contributed by atoms with van der Waals surface area (Å²) < 4.78 is 0. The molecule has 1 atom stereocenters. The minimum Gasteiger partial charge on any atom is -0.362 e. The molecule has 3 N–H and O–H groups in total. The van der Waals surface area contributed by atoms with Crippen molar-refractivity contribution in [1.29, 1.82) is 5.26 Å². The van der Waals surface area contributed by atoms with Crippen molar-refractivity contribution in [3.63, 3.8) is 0 Å². The summed E-state index contributed by atoms with van der Waals surface area (Å²) >= 11 is 0. The monoisotopic (exact) mass is 538 g/mol. The van der Waals surface area contributed by atoms with Crippen LogP contribution < -0.4 is 16.0 Å². The van der Waals surface area contributed by atoms with Crippen LogP contribution in [0.5, 0.6) is 0 Å². The van der Waals surface area contributed by atoms with E-state index in [1.54, 1.807) is 12.3 Å². The number of aryl methyl sites for hydroxylation is 1. The summed E-state index contributed by atoms with van der Waals surface area (Å²) in [4.78, 5) is 4.69. The molecule has 0 aliphatic carbocycles. The van der Waals surface area contributed by atoms with E-state index in [-0.39, 0.29) is 0 Å². The zero-order valence-corrected chi connectivity index (χ0v) is 24.6. The van der Waals surface area contributed by atoms with Crippen molar-refractivity contribution in [2.24, 2.45) is 0 Å². The van der Waals surface area contributed by atoms with Gasteiger partial charge in [0.2, 0.25) is 0 Å². The normalized spacial score (nSPS) is 14.9. The number of hydrogen-bond donors (Lipinski definition) is 3. The fourth-order valence-corrected chi connectivity index (χ4v) is 4.50. The average molecular weight is 539 g/mol. The highest BCUT2D eigenvalue weighted by Crippen LogP contribution is 2.27. The van der Waals surface area contributed by atoms with Crippen LogP contribution in [0.4, 0.5) is 11.4 Å². The number of benzene rings is 3. The minimum atomic E-state index is 0.305. The van der Waals surface area contributed by atoms with Crippen LogP contribution in [0.2, 0.25) is 0 Å². The number of nitrogens with one attached hydrogen (secondary N) is 3. The molecule has 6 heteroatoms. The lowest BCUT2D eigenvalue weighted by molar-refractivity contribution is 0.121. The lowest BCUT2D eigenvalue weighted by atomic mass is 10.0. The average Bonchev–Trinajstić information content (AvgIpc) is 3.01. The Morgan fingerprint density at radius 2 is 1.62 bits per heavy atom. The van der Waals surface area contributed by atoms with Gasteiger partial charge in [-0.25, -0.2) is 0 Å². The van der Waals surface area contributed by atoms with Crippen LogP contribution in [-0.4, -0.2) is 50.1 Å². The topological polar surface area (TPSA) is 66.4 Å². The zero-order chi connectivity index (χ0) is 29.0. The van der Waals surface area contributed by atoms with Crippen molar-refractivity contribution in [2.45, 2.75) is 32.7 Å². The van der Waals surface area contributed by atoms with E-state index in [0.717, 1.165) is 56.2 Å². The molecule has 1 fully saturated rings. The third kappa shape index (κ3) is 10.6. The summed E-state index contributed by atoms with van der Waals surface area (Å²) in [6.07, 6.45) is 5.38. The van der Waals surface area contributed by atoms with Crippen LogP contribution in [-0.2, 0) is 6.42 Å². The van der Waals surface area contributed by atoms with Crippen molar-refractivity contribution in [1.82, 2.24) is 15.1 Å². The smallest absolute Gasteiger partial charge is 0.117 e. The second kappa shape index (κ2) is 19.1. The van der Waals surface area contributed by atoms with Crippen LogP contribution in [0.15, 0.2) is 110 Å². The number of allylic oxidation sites excluding steroid dienone is 1. The summed E-state index contributed by atoms with van der Waals surface area (Å²) in [5.41, 5.74) is 4.75. The van der Waals surface area contributed by atoms with E-state index in [1.165, 1.54) is 11.1 Å². The van der Waals surface area contributed by atoms with E-state index in [9.17, 15) is 5.26 Å². The molecule has 3 aromatic carbocycles. The Labute approximate surface area is 242 Å². The molecule has 1 unspecified atom stereocenters. The van der Waals surface area contributed by atoms with Gasteiger partial charge in [0.1, 0.15) is 5.82 Å². The van der Waals surface area contributed by atoms with Crippen molar-refractivity contribution < 1.29 is 0 Å². The predicted molar refractivity (Wildman–Crippen MR) is 171 cm³/mol. The zero-order valence-electron chi connectivity index (χ0n) is 24.6. The number of hydrogen-bond acceptors (Lipinski definition) is 6. The van der Waals surface area contributed by atoms with E-state index in [1.807, 2.05) is 57.3 Å². The highest BCUT2D eigenvalue weighted by Gasteiger charge is 2.27. The molecule has 0 radical (unpaired) electrons. The molecule has 1 saturated heterocycles. The summed E-state index contributed by atoms with van der Waals surface area (Å²) in [6, 6.07) is 31.4. The second-order valence-electron chi connectivity index (χ2n) is 9.22. The lowest BCUT2D eigenvalue weighted by Gasteiger charge is -2.41. The van der Waals surface area contributed by atoms with Gasteiger partial charge in [0, 0.05) is 31.0 Å². The number of para-hydroxylation sites is 2. The van der Waals surface area contributed by atoms with E-state index < -0.39 is 0 Å². The molecule has 212 valence electrons. The molecular formula is C34H46N6. The Hall–Kier alpha value is -4.05. The Bertz CT molecular complexity index is 1170. The maximum atomic E-state index is 9.41. The van der Waals surface area contributed by atoms with Crippen LogP contribution in [0.3, 0.4) is 0 Å². The van der Waals surface area contributed by atoms with Gasteiger partial charge in [-0.1, -0.05) is 87.2 Å². The maximum absolute atomic E-state index is 9.41. The summed E-state index contributed by atoms with van der Waals surface area (Å²) in [6.45, 7) is 11.2. The van der Waals surface area contributed by atoms with Crippen molar-refractivity contribution in [2.75, 3.05) is 50.9 Å². The molecule has 1 heterocycles. The first kappa shape index (κ1) is 32.2. The number of nitrogens with zero attached hydrogens (tertiary/aromatic N) is 3. The van der Waals surface area contributed by atoms with Crippen molar-refractivity contribution in [3.05, 3.63) is 121 Å². The molecule has 6 nitrogen and oxygen atoms in total. The number of anilines is 2. The van der Waals surface area contributed by atoms with Crippen LogP contribution in [0.1, 0.15) is 37.4 Å². The quantitative estimate of drug-likeness (QED) is 0.193. The molecule has 1 aliphatic rings. The Kier molecular flexibility index (Phi) is 15.3. The van der Waals surface area contributed by atoms with E-state index in [2.05, 4.69) is 94.0 Å². The molecule has 3 aromatic rings. The number of rotatable bonds is 10. The first-order valence-electron chi connectivity index (χ1n) is 14.2. The first-order chi connectivity index (χ1) is 19.7. The van der Waals surface area contributed by atoms with Gasteiger partial charge in [0.25, 0.3) is 0 Å². The molecule has 0 spiro atoms. The van der Waals surface area contributed by atoms with Crippen LogP contribution in [0.25, 0.3) is 0 Å². The van der Waals surface area contributed by atoms with E-state index in [4.69, 9.17) is 0 Å². The fourth-order valence-electron chi connectivity index (χ4n) is 4.50. The van der Waals surface area contributed by atoms with Gasteiger partial charge in [-0.15, -0.1) is 0 Å². The third-order valence-corrected chi connectivity index (χ3v) is 6.57. The van der Waals surface area contributed by atoms with Gasteiger partial charge in [-0.2, -0.15) is 5.26 Å². The molecule has 0 aromatic heterocycles. The predicted octanol–water partition coefficient (Wildman–Crippen LogP) is 6.87. The minimum absolute atomic E-state index is 0.305. The van der Waals surface area contributed by atoms with Crippen molar-refractivity contribution in [3.8, 4) is 6.07 Å². The van der Waals surface area contributed by atoms with Gasteiger partial charge in [0.05, 0.1) is 18.2 Å². The molecule has 0 bridgehead atoms. The van der Waals surface area contributed by atoms with Crippen molar-refractivity contribution >= 4 is 11.4 Å². The van der Waals surface area contributed by atoms with Gasteiger partial charge in [-0.3, -0.25) is 4.90 Å². The maximum Gasteiger partial charge on any atom is 0.117 e. The van der Waals surface area contributed by atoms with Crippen LogP contribution in [0, 0.1) is 11.3 Å². The number of piperazine rings is 1. The second-order valence-corrected chi connectivity index (χ2v) is 9.22.